The SMILES string of the molecule is CNCC1CCC(C)(C)N(Cc2ccccc2)C1. The zero-order valence-corrected chi connectivity index (χ0v) is 11.9. The number of benzene rings is 1. The lowest BCUT2D eigenvalue weighted by atomic mass is 9.84. The van der Waals surface area contributed by atoms with Crippen LogP contribution in [0.2, 0.25) is 0 Å². The van der Waals surface area contributed by atoms with Crippen molar-refractivity contribution in [1.29, 1.82) is 0 Å². The Balaban J connectivity index is 2.03. The van der Waals surface area contributed by atoms with Gasteiger partial charge in [0, 0.05) is 18.6 Å². The summed E-state index contributed by atoms with van der Waals surface area (Å²) in [6.07, 6.45) is 2.64. The van der Waals surface area contributed by atoms with Gasteiger partial charge in [0.05, 0.1) is 0 Å². The molecule has 0 aromatic heterocycles. The maximum atomic E-state index is 3.32. The topological polar surface area (TPSA) is 15.3 Å². The van der Waals surface area contributed by atoms with Crippen LogP contribution >= 0.6 is 0 Å². The first-order valence-corrected chi connectivity index (χ1v) is 7.05. The summed E-state index contributed by atoms with van der Waals surface area (Å²) in [7, 11) is 2.06. The molecule has 0 spiro atoms. The lowest BCUT2D eigenvalue weighted by molar-refractivity contribution is 0.0385. The summed E-state index contributed by atoms with van der Waals surface area (Å²) in [6, 6.07) is 10.8. The molecule has 1 saturated heterocycles. The van der Waals surface area contributed by atoms with Crippen LogP contribution in [0.25, 0.3) is 0 Å². The van der Waals surface area contributed by atoms with Gasteiger partial charge in [-0.05, 0) is 51.8 Å². The molecule has 1 atom stereocenters. The van der Waals surface area contributed by atoms with Gasteiger partial charge >= 0.3 is 0 Å². The molecule has 1 heterocycles. The summed E-state index contributed by atoms with van der Waals surface area (Å²) >= 11 is 0. The van der Waals surface area contributed by atoms with Crippen LogP contribution in [-0.2, 0) is 6.54 Å². The van der Waals surface area contributed by atoms with Crippen molar-refractivity contribution in [2.24, 2.45) is 5.92 Å². The van der Waals surface area contributed by atoms with Crippen LogP contribution in [0, 0.1) is 5.92 Å². The first-order valence-electron chi connectivity index (χ1n) is 7.05. The van der Waals surface area contributed by atoms with Gasteiger partial charge in [0.15, 0.2) is 0 Å². The van der Waals surface area contributed by atoms with Crippen molar-refractivity contribution < 1.29 is 0 Å². The Bertz CT molecular complexity index is 359. The minimum absolute atomic E-state index is 0.333. The highest BCUT2D eigenvalue weighted by Crippen LogP contribution is 2.31. The minimum Gasteiger partial charge on any atom is -0.319 e. The van der Waals surface area contributed by atoms with Crippen molar-refractivity contribution in [1.82, 2.24) is 10.2 Å². The maximum Gasteiger partial charge on any atom is 0.0239 e. The van der Waals surface area contributed by atoms with Crippen molar-refractivity contribution >= 4 is 0 Å². The number of rotatable bonds is 4. The van der Waals surface area contributed by atoms with Gasteiger partial charge in [0.25, 0.3) is 0 Å². The fourth-order valence-corrected chi connectivity index (χ4v) is 2.90. The second kappa shape index (κ2) is 5.85. The zero-order valence-electron chi connectivity index (χ0n) is 11.9. The third-order valence-electron chi connectivity index (χ3n) is 4.21. The molecule has 2 heteroatoms. The Morgan fingerprint density at radius 3 is 2.67 bits per heavy atom. The van der Waals surface area contributed by atoms with Crippen LogP contribution in [0.4, 0.5) is 0 Å². The molecule has 1 fully saturated rings. The number of hydrogen-bond donors (Lipinski definition) is 1. The first kappa shape index (κ1) is 13.6. The summed E-state index contributed by atoms with van der Waals surface area (Å²) in [4.78, 5) is 2.65. The van der Waals surface area contributed by atoms with Crippen molar-refractivity contribution in [3.8, 4) is 0 Å². The van der Waals surface area contributed by atoms with E-state index in [1.165, 1.54) is 24.9 Å². The lowest BCUT2D eigenvalue weighted by Gasteiger charge is -2.45. The summed E-state index contributed by atoms with van der Waals surface area (Å²) in [5, 5.41) is 3.32. The zero-order chi connectivity index (χ0) is 13.0. The molecule has 100 valence electrons. The number of nitrogens with one attached hydrogen (secondary N) is 1. The van der Waals surface area contributed by atoms with Crippen LogP contribution in [0.1, 0.15) is 32.3 Å². The molecule has 1 aromatic rings. The fraction of sp³-hybridized carbons (Fsp3) is 0.625. The van der Waals surface area contributed by atoms with Gasteiger partial charge in [0.1, 0.15) is 0 Å². The Labute approximate surface area is 111 Å². The van der Waals surface area contributed by atoms with Gasteiger partial charge in [-0.1, -0.05) is 30.3 Å². The van der Waals surface area contributed by atoms with E-state index in [1.54, 1.807) is 0 Å². The normalized spacial score (nSPS) is 24.1. The Morgan fingerprint density at radius 1 is 1.28 bits per heavy atom. The Kier molecular flexibility index (Phi) is 4.41. The molecule has 1 aromatic carbocycles. The molecule has 1 aliphatic rings. The van der Waals surface area contributed by atoms with Crippen LogP contribution in [0.3, 0.4) is 0 Å². The molecule has 0 saturated carbocycles. The molecule has 0 radical (unpaired) electrons. The quantitative estimate of drug-likeness (QED) is 0.879. The molecule has 0 bridgehead atoms. The van der Waals surface area contributed by atoms with E-state index < -0.39 is 0 Å². The maximum absolute atomic E-state index is 3.32. The van der Waals surface area contributed by atoms with E-state index in [0.29, 0.717) is 5.54 Å². The number of likely N-dealkylation sites (tertiary alicyclic amines) is 1. The molecule has 2 rings (SSSR count). The number of nitrogens with zero attached hydrogens (tertiary/aromatic N) is 1. The largest absolute Gasteiger partial charge is 0.319 e. The molecular formula is C16H26N2. The molecule has 0 amide bonds. The van der Waals surface area contributed by atoms with Gasteiger partial charge in [-0.2, -0.15) is 0 Å². The highest BCUT2D eigenvalue weighted by molar-refractivity contribution is 5.15. The summed E-state index contributed by atoms with van der Waals surface area (Å²) in [6.45, 7) is 8.19. The fourth-order valence-electron chi connectivity index (χ4n) is 2.90. The van der Waals surface area contributed by atoms with Gasteiger partial charge in [0.2, 0.25) is 0 Å². The van der Waals surface area contributed by atoms with E-state index in [-0.39, 0.29) is 0 Å². The van der Waals surface area contributed by atoms with Crippen LogP contribution in [0.15, 0.2) is 30.3 Å². The van der Waals surface area contributed by atoms with Crippen LogP contribution in [-0.4, -0.2) is 30.6 Å². The molecule has 2 nitrogen and oxygen atoms in total. The van der Waals surface area contributed by atoms with E-state index in [1.807, 2.05) is 0 Å². The van der Waals surface area contributed by atoms with Crippen molar-refractivity contribution in [3.63, 3.8) is 0 Å². The van der Waals surface area contributed by atoms with Gasteiger partial charge in [-0.25, -0.2) is 0 Å². The van der Waals surface area contributed by atoms with Crippen LogP contribution in [0.5, 0.6) is 0 Å². The average Bonchev–Trinajstić information content (AvgIpc) is 2.35. The molecule has 1 N–H and O–H groups in total. The smallest absolute Gasteiger partial charge is 0.0239 e. The predicted molar refractivity (Wildman–Crippen MR) is 77.6 cm³/mol. The average molecular weight is 246 g/mol. The second-order valence-corrected chi connectivity index (χ2v) is 6.14. The molecule has 0 aliphatic carbocycles. The number of hydrogen-bond acceptors (Lipinski definition) is 2. The molecule has 1 aliphatic heterocycles. The van der Waals surface area contributed by atoms with E-state index >= 15 is 0 Å². The van der Waals surface area contributed by atoms with Crippen molar-refractivity contribution in [2.75, 3.05) is 20.1 Å². The third-order valence-corrected chi connectivity index (χ3v) is 4.21. The van der Waals surface area contributed by atoms with Gasteiger partial charge in [-0.3, -0.25) is 4.90 Å². The monoisotopic (exact) mass is 246 g/mol. The highest BCUT2D eigenvalue weighted by Gasteiger charge is 2.33. The molecule has 18 heavy (non-hydrogen) atoms. The summed E-state index contributed by atoms with van der Waals surface area (Å²) in [5.74, 6) is 0.798. The van der Waals surface area contributed by atoms with Gasteiger partial charge < -0.3 is 5.32 Å². The van der Waals surface area contributed by atoms with E-state index in [0.717, 1.165) is 19.0 Å². The summed E-state index contributed by atoms with van der Waals surface area (Å²) < 4.78 is 0. The Hall–Kier alpha value is -0.860. The van der Waals surface area contributed by atoms with Gasteiger partial charge in [-0.15, -0.1) is 0 Å². The molecular weight excluding hydrogens is 220 g/mol. The Morgan fingerprint density at radius 2 is 2.00 bits per heavy atom. The second-order valence-electron chi connectivity index (χ2n) is 6.14. The van der Waals surface area contributed by atoms with E-state index in [9.17, 15) is 0 Å². The van der Waals surface area contributed by atoms with Crippen LogP contribution < -0.4 is 5.32 Å². The first-order chi connectivity index (χ1) is 8.62. The van der Waals surface area contributed by atoms with E-state index in [4.69, 9.17) is 0 Å². The van der Waals surface area contributed by atoms with E-state index in [2.05, 4.69) is 61.4 Å². The minimum atomic E-state index is 0.333. The number of piperidine rings is 1. The predicted octanol–water partition coefficient (Wildman–Crippen LogP) is 2.90. The summed E-state index contributed by atoms with van der Waals surface area (Å²) in [5.41, 5.74) is 1.76. The standard InChI is InChI=1S/C16H26N2/c1-16(2)10-9-15(11-17-3)13-18(16)12-14-7-5-4-6-8-14/h4-8,15,17H,9-13H2,1-3H3. The lowest BCUT2D eigenvalue weighted by Crippen LogP contribution is -2.51. The van der Waals surface area contributed by atoms with Crippen molar-refractivity contribution in [2.45, 2.75) is 38.8 Å². The third kappa shape index (κ3) is 3.33. The highest BCUT2D eigenvalue weighted by atomic mass is 15.2. The van der Waals surface area contributed by atoms with Crippen molar-refractivity contribution in [3.05, 3.63) is 35.9 Å². The molecule has 1 unspecified atom stereocenters.